The Bertz CT molecular complexity index is 478. The molecule has 0 fully saturated rings. The molecule has 0 amide bonds. The number of thiophene rings is 1. The van der Waals surface area contributed by atoms with Crippen LogP contribution in [0.25, 0.3) is 0 Å². The highest BCUT2D eigenvalue weighted by atomic mass is 127. The first-order chi connectivity index (χ1) is 8.19. The molecule has 2 rings (SSSR count). The molecule has 1 aromatic heterocycles. The first-order valence-corrected chi connectivity index (χ1v) is 7.35. The van der Waals surface area contributed by atoms with Crippen LogP contribution in [0.3, 0.4) is 0 Å². The standard InChI is InChI=1S/C13H15IN2S/c1-9-2-7-13(17-9)12(16-15)8-10-3-5-11(14)6-4-10/h2-7,12,16H,8,15H2,1H3. The third kappa shape index (κ3) is 3.51. The summed E-state index contributed by atoms with van der Waals surface area (Å²) in [4.78, 5) is 2.62. The predicted molar refractivity (Wildman–Crippen MR) is 82.0 cm³/mol. The molecule has 0 aliphatic rings. The lowest BCUT2D eigenvalue weighted by atomic mass is 10.1. The topological polar surface area (TPSA) is 38.0 Å². The van der Waals surface area contributed by atoms with Gasteiger partial charge in [0.2, 0.25) is 0 Å². The Morgan fingerprint density at radius 2 is 1.94 bits per heavy atom. The molecule has 0 bridgehead atoms. The van der Waals surface area contributed by atoms with Crippen molar-refractivity contribution in [3.8, 4) is 0 Å². The quantitative estimate of drug-likeness (QED) is 0.499. The first kappa shape index (κ1) is 13.0. The van der Waals surface area contributed by atoms with Crippen molar-refractivity contribution in [3.63, 3.8) is 0 Å². The van der Waals surface area contributed by atoms with Gasteiger partial charge in [0.1, 0.15) is 0 Å². The molecule has 17 heavy (non-hydrogen) atoms. The van der Waals surface area contributed by atoms with Crippen LogP contribution in [0.2, 0.25) is 0 Å². The van der Waals surface area contributed by atoms with Gasteiger partial charge in [0, 0.05) is 13.3 Å². The van der Waals surface area contributed by atoms with Crippen LogP contribution in [-0.2, 0) is 6.42 Å². The van der Waals surface area contributed by atoms with E-state index in [1.54, 1.807) is 11.3 Å². The van der Waals surface area contributed by atoms with Crippen molar-refractivity contribution in [3.05, 3.63) is 55.3 Å². The molecule has 2 aromatic rings. The van der Waals surface area contributed by atoms with Crippen molar-refractivity contribution in [2.75, 3.05) is 0 Å². The second-order valence-corrected chi connectivity index (χ2v) is 6.56. The van der Waals surface area contributed by atoms with Crippen molar-refractivity contribution in [1.29, 1.82) is 0 Å². The van der Waals surface area contributed by atoms with Crippen molar-refractivity contribution >= 4 is 33.9 Å². The SMILES string of the molecule is Cc1ccc(C(Cc2ccc(I)cc2)NN)s1. The average Bonchev–Trinajstić information content (AvgIpc) is 2.75. The molecule has 0 saturated heterocycles. The van der Waals surface area contributed by atoms with Gasteiger partial charge in [0.15, 0.2) is 0 Å². The van der Waals surface area contributed by atoms with Gasteiger partial charge in [-0.2, -0.15) is 0 Å². The van der Waals surface area contributed by atoms with Gasteiger partial charge in [-0.3, -0.25) is 11.3 Å². The lowest BCUT2D eigenvalue weighted by molar-refractivity contribution is 0.560. The average molecular weight is 358 g/mol. The van der Waals surface area contributed by atoms with E-state index in [-0.39, 0.29) is 6.04 Å². The van der Waals surface area contributed by atoms with Gasteiger partial charge in [0.25, 0.3) is 0 Å². The van der Waals surface area contributed by atoms with E-state index in [1.807, 2.05) is 0 Å². The summed E-state index contributed by atoms with van der Waals surface area (Å²) < 4.78 is 1.26. The highest BCUT2D eigenvalue weighted by Gasteiger charge is 2.12. The van der Waals surface area contributed by atoms with E-state index >= 15 is 0 Å². The zero-order valence-corrected chi connectivity index (χ0v) is 12.6. The van der Waals surface area contributed by atoms with Crippen molar-refractivity contribution in [1.82, 2.24) is 5.43 Å². The van der Waals surface area contributed by atoms with Crippen LogP contribution < -0.4 is 11.3 Å². The van der Waals surface area contributed by atoms with Crippen molar-refractivity contribution in [2.24, 2.45) is 5.84 Å². The Balaban J connectivity index is 2.12. The van der Waals surface area contributed by atoms with Crippen LogP contribution in [0.5, 0.6) is 0 Å². The molecule has 0 aliphatic carbocycles. The van der Waals surface area contributed by atoms with E-state index in [9.17, 15) is 0 Å². The smallest absolute Gasteiger partial charge is 0.0593 e. The summed E-state index contributed by atoms with van der Waals surface area (Å²) in [5.41, 5.74) is 4.21. The number of benzene rings is 1. The maximum atomic E-state index is 5.65. The molecule has 90 valence electrons. The van der Waals surface area contributed by atoms with Crippen molar-refractivity contribution < 1.29 is 0 Å². The van der Waals surface area contributed by atoms with Gasteiger partial charge >= 0.3 is 0 Å². The summed E-state index contributed by atoms with van der Waals surface area (Å²) in [7, 11) is 0. The minimum Gasteiger partial charge on any atom is -0.271 e. The highest BCUT2D eigenvalue weighted by molar-refractivity contribution is 14.1. The van der Waals surface area contributed by atoms with E-state index in [1.165, 1.54) is 18.9 Å². The van der Waals surface area contributed by atoms with E-state index in [4.69, 9.17) is 5.84 Å². The lowest BCUT2D eigenvalue weighted by Gasteiger charge is -2.14. The van der Waals surface area contributed by atoms with Crippen molar-refractivity contribution in [2.45, 2.75) is 19.4 Å². The van der Waals surface area contributed by atoms with Gasteiger partial charge in [-0.25, -0.2) is 0 Å². The van der Waals surface area contributed by atoms with Crippen LogP contribution in [0, 0.1) is 10.5 Å². The largest absolute Gasteiger partial charge is 0.271 e. The summed E-state index contributed by atoms with van der Waals surface area (Å²) in [5.74, 6) is 5.65. The number of nitrogens with one attached hydrogen (secondary N) is 1. The Morgan fingerprint density at radius 1 is 1.24 bits per heavy atom. The molecule has 0 aliphatic heterocycles. The van der Waals surface area contributed by atoms with Crippen LogP contribution >= 0.6 is 33.9 Å². The molecular weight excluding hydrogens is 343 g/mol. The number of nitrogens with two attached hydrogens (primary N) is 1. The third-order valence-electron chi connectivity index (χ3n) is 2.66. The molecule has 4 heteroatoms. The van der Waals surface area contributed by atoms with Gasteiger partial charge in [-0.1, -0.05) is 12.1 Å². The number of hydrogen-bond donors (Lipinski definition) is 2. The maximum Gasteiger partial charge on any atom is 0.0593 e. The molecule has 1 heterocycles. The molecule has 0 radical (unpaired) electrons. The minimum atomic E-state index is 0.203. The van der Waals surface area contributed by atoms with E-state index < -0.39 is 0 Å². The molecule has 2 nitrogen and oxygen atoms in total. The number of hydrogen-bond acceptors (Lipinski definition) is 3. The highest BCUT2D eigenvalue weighted by Crippen LogP contribution is 2.25. The summed E-state index contributed by atoms with van der Waals surface area (Å²) in [6.45, 7) is 2.12. The summed E-state index contributed by atoms with van der Waals surface area (Å²) >= 11 is 4.11. The second-order valence-electron chi connectivity index (χ2n) is 4.00. The molecular formula is C13H15IN2S. The summed E-state index contributed by atoms with van der Waals surface area (Å²) in [5, 5.41) is 0. The zero-order chi connectivity index (χ0) is 12.3. The normalized spacial score (nSPS) is 12.6. The van der Waals surface area contributed by atoms with E-state index in [2.05, 4.69) is 71.3 Å². The Hall–Kier alpha value is -0.430. The fourth-order valence-corrected chi connectivity index (χ4v) is 3.04. The van der Waals surface area contributed by atoms with Gasteiger partial charge < -0.3 is 0 Å². The predicted octanol–water partition coefficient (Wildman–Crippen LogP) is 3.41. The first-order valence-electron chi connectivity index (χ1n) is 5.46. The monoisotopic (exact) mass is 358 g/mol. The molecule has 3 N–H and O–H groups in total. The molecule has 1 unspecified atom stereocenters. The molecule has 0 saturated carbocycles. The van der Waals surface area contributed by atoms with E-state index in [0.717, 1.165) is 6.42 Å². The van der Waals surface area contributed by atoms with Crippen LogP contribution in [0.4, 0.5) is 0 Å². The van der Waals surface area contributed by atoms with E-state index in [0.29, 0.717) is 0 Å². The fourth-order valence-electron chi connectivity index (χ4n) is 1.74. The Morgan fingerprint density at radius 3 is 2.47 bits per heavy atom. The van der Waals surface area contributed by atoms with Gasteiger partial charge in [0.05, 0.1) is 6.04 Å². The summed E-state index contributed by atoms with van der Waals surface area (Å²) in [6, 6.07) is 13.1. The Labute approximate surface area is 119 Å². The van der Waals surface area contributed by atoms with Crippen LogP contribution in [0.1, 0.15) is 21.4 Å². The molecule has 1 aromatic carbocycles. The second kappa shape index (κ2) is 5.95. The number of hydrazine groups is 1. The summed E-state index contributed by atoms with van der Waals surface area (Å²) in [6.07, 6.45) is 0.924. The molecule has 1 atom stereocenters. The Kier molecular flexibility index (Phi) is 4.55. The molecule has 0 spiro atoms. The van der Waals surface area contributed by atoms with Crippen LogP contribution in [0.15, 0.2) is 36.4 Å². The number of aryl methyl sites for hydroxylation is 1. The number of rotatable bonds is 4. The lowest BCUT2D eigenvalue weighted by Crippen LogP contribution is -2.28. The third-order valence-corrected chi connectivity index (χ3v) is 4.49. The maximum absolute atomic E-state index is 5.65. The zero-order valence-electron chi connectivity index (χ0n) is 9.61. The fraction of sp³-hybridized carbons (Fsp3) is 0.231. The van der Waals surface area contributed by atoms with Gasteiger partial charge in [-0.15, -0.1) is 11.3 Å². The minimum absolute atomic E-state index is 0.203. The van der Waals surface area contributed by atoms with Crippen LogP contribution in [-0.4, -0.2) is 0 Å². The van der Waals surface area contributed by atoms with Gasteiger partial charge in [-0.05, 0) is 65.8 Å². The number of halogens is 1.